The topological polar surface area (TPSA) is 42.1 Å². The van der Waals surface area contributed by atoms with Crippen LogP contribution in [0.25, 0.3) is 0 Å². The number of nitrogen functional groups attached to an aromatic ring is 1. The molecule has 1 aromatic heterocycles. The molecule has 2 aromatic rings. The highest BCUT2D eigenvalue weighted by molar-refractivity contribution is 7.15. The lowest BCUT2D eigenvalue weighted by molar-refractivity contribution is 0.216. The number of hydrogen-bond donors (Lipinski definition) is 1. The fourth-order valence-corrected chi connectivity index (χ4v) is 4.14. The molecule has 0 aliphatic carbocycles. The molecular formula is C14H15N3S. The summed E-state index contributed by atoms with van der Waals surface area (Å²) >= 11 is 1.61. The van der Waals surface area contributed by atoms with Gasteiger partial charge in [-0.05, 0) is 24.0 Å². The molecule has 2 atom stereocenters. The van der Waals surface area contributed by atoms with Gasteiger partial charge in [-0.1, -0.05) is 24.3 Å². The summed E-state index contributed by atoms with van der Waals surface area (Å²) in [5, 5.41) is 0.675. The van der Waals surface area contributed by atoms with Gasteiger partial charge in [0.2, 0.25) is 0 Å². The van der Waals surface area contributed by atoms with Crippen molar-refractivity contribution >= 4 is 16.5 Å². The Morgan fingerprint density at radius 3 is 2.44 bits per heavy atom. The largest absolute Gasteiger partial charge is 0.375 e. The molecule has 2 unspecified atom stereocenters. The minimum absolute atomic E-state index is 0.606. The number of fused-ring (bicyclic) bond motifs is 5. The van der Waals surface area contributed by atoms with E-state index < -0.39 is 0 Å². The first-order valence-corrected chi connectivity index (χ1v) is 7.19. The van der Waals surface area contributed by atoms with Crippen molar-refractivity contribution in [1.29, 1.82) is 0 Å². The molecule has 3 nitrogen and oxygen atoms in total. The summed E-state index contributed by atoms with van der Waals surface area (Å²) in [6.07, 6.45) is 4.49. The van der Waals surface area contributed by atoms with E-state index in [0.717, 1.165) is 6.54 Å². The lowest BCUT2D eigenvalue weighted by Crippen LogP contribution is -2.18. The van der Waals surface area contributed by atoms with E-state index in [0.29, 0.717) is 17.2 Å². The highest BCUT2D eigenvalue weighted by Gasteiger charge is 2.43. The fraction of sp³-hybridized carbons (Fsp3) is 0.357. The van der Waals surface area contributed by atoms with Crippen LogP contribution in [0.5, 0.6) is 0 Å². The average Bonchev–Trinajstić information content (AvgIpc) is 3.05. The van der Waals surface area contributed by atoms with Gasteiger partial charge >= 0.3 is 0 Å². The Kier molecular flexibility index (Phi) is 2.22. The Balaban J connectivity index is 1.66. The van der Waals surface area contributed by atoms with Gasteiger partial charge in [0, 0.05) is 29.7 Å². The van der Waals surface area contributed by atoms with Crippen LogP contribution in [0.15, 0.2) is 30.5 Å². The number of thiazole rings is 1. The molecular weight excluding hydrogens is 242 g/mol. The summed E-state index contributed by atoms with van der Waals surface area (Å²) in [4.78, 5) is 8.03. The first-order valence-electron chi connectivity index (χ1n) is 6.37. The van der Waals surface area contributed by atoms with Crippen LogP contribution in [0.3, 0.4) is 0 Å². The number of rotatable bonds is 2. The number of nitrogens with zero attached hydrogens (tertiary/aromatic N) is 2. The Morgan fingerprint density at radius 1 is 1.22 bits per heavy atom. The molecule has 2 aliphatic rings. The maximum atomic E-state index is 5.71. The summed E-state index contributed by atoms with van der Waals surface area (Å²) in [5.74, 6) is 0. The highest BCUT2D eigenvalue weighted by Crippen LogP contribution is 2.53. The number of hydrogen-bond acceptors (Lipinski definition) is 4. The van der Waals surface area contributed by atoms with E-state index in [2.05, 4.69) is 34.1 Å². The van der Waals surface area contributed by atoms with Crippen molar-refractivity contribution in [2.45, 2.75) is 31.5 Å². The number of nitrogens with two attached hydrogens (primary N) is 1. The third kappa shape index (κ3) is 1.42. The van der Waals surface area contributed by atoms with Crippen molar-refractivity contribution in [3.8, 4) is 0 Å². The van der Waals surface area contributed by atoms with Crippen molar-refractivity contribution in [1.82, 2.24) is 9.88 Å². The van der Waals surface area contributed by atoms with Gasteiger partial charge in [0.15, 0.2) is 5.13 Å². The average molecular weight is 257 g/mol. The van der Waals surface area contributed by atoms with Crippen molar-refractivity contribution in [3.05, 3.63) is 46.5 Å². The van der Waals surface area contributed by atoms with E-state index in [1.54, 1.807) is 11.3 Å². The number of benzene rings is 1. The Labute approximate surface area is 110 Å². The SMILES string of the molecule is Nc1ncc(CN2C3CCC2c2ccccc23)s1. The molecule has 0 spiro atoms. The van der Waals surface area contributed by atoms with Gasteiger partial charge < -0.3 is 5.73 Å². The first kappa shape index (κ1) is 10.5. The minimum Gasteiger partial charge on any atom is -0.375 e. The fourth-order valence-electron chi connectivity index (χ4n) is 3.45. The maximum Gasteiger partial charge on any atom is 0.180 e. The molecule has 4 rings (SSSR count). The van der Waals surface area contributed by atoms with Gasteiger partial charge in [-0.25, -0.2) is 4.98 Å². The Morgan fingerprint density at radius 2 is 1.89 bits per heavy atom. The molecule has 2 aliphatic heterocycles. The van der Waals surface area contributed by atoms with E-state index >= 15 is 0 Å². The van der Waals surface area contributed by atoms with Crippen LogP contribution in [-0.2, 0) is 6.54 Å². The van der Waals surface area contributed by atoms with Crippen LogP contribution in [-0.4, -0.2) is 9.88 Å². The summed E-state index contributed by atoms with van der Waals surface area (Å²) in [7, 11) is 0. The van der Waals surface area contributed by atoms with Gasteiger partial charge in [0.05, 0.1) is 0 Å². The lowest BCUT2D eigenvalue weighted by atomic mass is 9.92. The minimum atomic E-state index is 0.606. The predicted octanol–water partition coefficient (Wildman–Crippen LogP) is 3.12. The second kappa shape index (κ2) is 3.80. The molecule has 18 heavy (non-hydrogen) atoms. The maximum absolute atomic E-state index is 5.71. The zero-order valence-corrected chi connectivity index (χ0v) is 10.9. The predicted molar refractivity (Wildman–Crippen MR) is 73.2 cm³/mol. The number of anilines is 1. The standard InChI is InChI=1S/C14H15N3S/c15-14-16-7-9(18-14)8-17-12-5-6-13(17)11-4-2-1-3-10(11)12/h1-4,7,12-13H,5-6,8H2,(H2,15,16). The van der Waals surface area contributed by atoms with Gasteiger partial charge in [-0.3, -0.25) is 4.90 Å². The second-order valence-electron chi connectivity index (χ2n) is 5.08. The quantitative estimate of drug-likeness (QED) is 0.898. The molecule has 1 fully saturated rings. The molecule has 0 saturated carbocycles. The van der Waals surface area contributed by atoms with E-state index in [1.165, 1.54) is 28.8 Å². The van der Waals surface area contributed by atoms with Gasteiger partial charge in [0.1, 0.15) is 0 Å². The smallest absolute Gasteiger partial charge is 0.180 e. The van der Waals surface area contributed by atoms with Crippen LogP contribution in [0.4, 0.5) is 5.13 Å². The van der Waals surface area contributed by atoms with Crippen molar-refractivity contribution in [2.24, 2.45) is 0 Å². The summed E-state index contributed by atoms with van der Waals surface area (Å²) in [5.41, 5.74) is 8.78. The lowest BCUT2D eigenvalue weighted by Gasteiger charge is -2.20. The van der Waals surface area contributed by atoms with Gasteiger partial charge in [-0.2, -0.15) is 0 Å². The van der Waals surface area contributed by atoms with Crippen molar-refractivity contribution in [2.75, 3.05) is 5.73 Å². The monoisotopic (exact) mass is 257 g/mol. The molecule has 4 heteroatoms. The molecule has 1 aromatic carbocycles. The zero-order valence-electron chi connectivity index (χ0n) is 10.0. The molecule has 0 radical (unpaired) electrons. The van der Waals surface area contributed by atoms with E-state index in [9.17, 15) is 0 Å². The zero-order chi connectivity index (χ0) is 12.1. The van der Waals surface area contributed by atoms with Crippen LogP contribution in [0.2, 0.25) is 0 Å². The first-order chi connectivity index (χ1) is 8.83. The molecule has 2 bridgehead atoms. The van der Waals surface area contributed by atoms with Crippen molar-refractivity contribution < 1.29 is 0 Å². The third-order valence-electron chi connectivity index (χ3n) is 4.14. The van der Waals surface area contributed by atoms with Gasteiger partial charge in [-0.15, -0.1) is 11.3 Å². The van der Waals surface area contributed by atoms with Crippen molar-refractivity contribution in [3.63, 3.8) is 0 Å². The highest BCUT2D eigenvalue weighted by atomic mass is 32.1. The van der Waals surface area contributed by atoms with E-state index in [1.807, 2.05) is 6.20 Å². The van der Waals surface area contributed by atoms with E-state index in [-0.39, 0.29) is 0 Å². The third-order valence-corrected chi connectivity index (χ3v) is 4.95. The molecule has 92 valence electrons. The van der Waals surface area contributed by atoms with Crippen LogP contribution < -0.4 is 5.73 Å². The van der Waals surface area contributed by atoms with Crippen LogP contribution >= 0.6 is 11.3 Å². The van der Waals surface area contributed by atoms with Crippen LogP contribution in [0, 0.1) is 0 Å². The summed E-state index contributed by atoms with van der Waals surface area (Å²) in [6, 6.07) is 10.1. The second-order valence-corrected chi connectivity index (χ2v) is 6.22. The molecule has 2 N–H and O–H groups in total. The molecule has 3 heterocycles. The van der Waals surface area contributed by atoms with Crippen LogP contribution in [0.1, 0.15) is 40.9 Å². The Hall–Kier alpha value is -1.39. The summed E-state index contributed by atoms with van der Waals surface area (Å²) in [6.45, 7) is 0.985. The summed E-state index contributed by atoms with van der Waals surface area (Å²) < 4.78 is 0. The van der Waals surface area contributed by atoms with E-state index in [4.69, 9.17) is 5.73 Å². The Bertz CT molecular complexity index is 561. The van der Waals surface area contributed by atoms with Gasteiger partial charge in [0.25, 0.3) is 0 Å². The molecule has 0 amide bonds. The normalized spacial score (nSPS) is 25.6. The molecule has 1 saturated heterocycles. The number of aromatic nitrogens is 1.